The lowest BCUT2D eigenvalue weighted by atomic mass is 10.3. The van der Waals surface area contributed by atoms with E-state index < -0.39 is 0 Å². The molecule has 0 fully saturated rings. The minimum atomic E-state index is 0.0238. The standard InChI is InChI=1S/C10H13N5OS/c16-10(2-4-15-7-11-6-14-15)12-3-1-9-5-17-8-13-9/h5-8H,1-4H2,(H,12,16). The van der Waals surface area contributed by atoms with Gasteiger partial charge in [-0.05, 0) is 0 Å². The predicted octanol–water partition coefficient (Wildman–Crippen LogP) is 0.484. The average molecular weight is 251 g/mol. The third-order valence-electron chi connectivity index (χ3n) is 2.22. The molecule has 2 heterocycles. The first-order valence-corrected chi connectivity index (χ1v) is 6.25. The van der Waals surface area contributed by atoms with Crippen molar-refractivity contribution in [2.24, 2.45) is 0 Å². The highest BCUT2D eigenvalue weighted by Gasteiger charge is 2.02. The molecule has 2 rings (SSSR count). The molecule has 1 amide bonds. The van der Waals surface area contributed by atoms with Crippen LogP contribution < -0.4 is 5.32 Å². The molecule has 0 bridgehead atoms. The van der Waals surface area contributed by atoms with E-state index in [1.165, 1.54) is 6.33 Å². The van der Waals surface area contributed by atoms with E-state index in [1.54, 1.807) is 27.9 Å². The van der Waals surface area contributed by atoms with Crippen LogP contribution in [-0.4, -0.2) is 32.2 Å². The minimum absolute atomic E-state index is 0.0238. The van der Waals surface area contributed by atoms with Gasteiger partial charge in [-0.2, -0.15) is 5.10 Å². The van der Waals surface area contributed by atoms with Crippen molar-refractivity contribution in [2.45, 2.75) is 19.4 Å². The van der Waals surface area contributed by atoms with Gasteiger partial charge in [0.2, 0.25) is 5.91 Å². The number of aryl methyl sites for hydroxylation is 1. The second-order valence-corrected chi connectivity index (χ2v) is 4.21. The Balaban J connectivity index is 1.61. The number of hydrogen-bond acceptors (Lipinski definition) is 5. The molecular formula is C10H13N5OS. The Morgan fingerprint density at radius 3 is 3.18 bits per heavy atom. The molecule has 90 valence electrons. The number of nitrogens with zero attached hydrogens (tertiary/aromatic N) is 4. The van der Waals surface area contributed by atoms with Gasteiger partial charge in [-0.1, -0.05) is 0 Å². The van der Waals surface area contributed by atoms with Crippen LogP contribution in [0.25, 0.3) is 0 Å². The molecule has 1 N–H and O–H groups in total. The summed E-state index contributed by atoms with van der Waals surface area (Å²) >= 11 is 1.56. The highest BCUT2D eigenvalue weighted by atomic mass is 32.1. The molecule has 6 nitrogen and oxygen atoms in total. The van der Waals surface area contributed by atoms with Crippen LogP contribution in [0, 0.1) is 0 Å². The zero-order valence-corrected chi connectivity index (χ0v) is 10.1. The molecule has 0 aliphatic carbocycles. The van der Waals surface area contributed by atoms with Crippen LogP contribution >= 0.6 is 11.3 Å². The normalized spacial score (nSPS) is 10.4. The average Bonchev–Trinajstić information content (AvgIpc) is 2.99. The van der Waals surface area contributed by atoms with E-state index in [1.807, 2.05) is 5.38 Å². The van der Waals surface area contributed by atoms with Crippen molar-refractivity contribution in [3.63, 3.8) is 0 Å². The molecule has 0 aliphatic heterocycles. The Hall–Kier alpha value is -1.76. The summed E-state index contributed by atoms with van der Waals surface area (Å²) in [6, 6.07) is 0. The Kier molecular flexibility index (Phi) is 4.20. The number of rotatable bonds is 6. The number of carbonyl (C=O) groups is 1. The largest absolute Gasteiger partial charge is 0.356 e. The summed E-state index contributed by atoms with van der Waals surface area (Å²) in [6.07, 6.45) is 4.25. The lowest BCUT2D eigenvalue weighted by molar-refractivity contribution is -0.121. The molecule has 2 aromatic heterocycles. The highest BCUT2D eigenvalue weighted by Crippen LogP contribution is 2.00. The smallest absolute Gasteiger partial charge is 0.221 e. The van der Waals surface area contributed by atoms with Crippen LogP contribution in [0.15, 0.2) is 23.5 Å². The molecular weight excluding hydrogens is 238 g/mol. The second kappa shape index (κ2) is 6.09. The highest BCUT2D eigenvalue weighted by molar-refractivity contribution is 7.07. The SMILES string of the molecule is O=C(CCn1cncn1)NCCc1cscn1. The zero-order valence-electron chi connectivity index (χ0n) is 9.24. The quantitative estimate of drug-likeness (QED) is 0.810. The Labute approximate surface area is 103 Å². The van der Waals surface area contributed by atoms with Gasteiger partial charge in [0.05, 0.1) is 17.7 Å². The van der Waals surface area contributed by atoms with Crippen molar-refractivity contribution in [1.82, 2.24) is 25.1 Å². The molecule has 7 heteroatoms. The summed E-state index contributed by atoms with van der Waals surface area (Å²) in [5.41, 5.74) is 2.81. The van der Waals surface area contributed by atoms with E-state index in [0.29, 0.717) is 19.5 Å². The molecule has 0 aromatic carbocycles. The van der Waals surface area contributed by atoms with E-state index in [2.05, 4.69) is 20.4 Å². The lowest BCUT2D eigenvalue weighted by Gasteiger charge is -2.03. The molecule has 0 spiro atoms. The summed E-state index contributed by atoms with van der Waals surface area (Å²) in [4.78, 5) is 19.4. The first-order chi connectivity index (χ1) is 8.34. The summed E-state index contributed by atoms with van der Waals surface area (Å²) in [6.45, 7) is 1.18. The van der Waals surface area contributed by atoms with E-state index in [4.69, 9.17) is 0 Å². The monoisotopic (exact) mass is 251 g/mol. The number of thiazole rings is 1. The summed E-state index contributed by atoms with van der Waals surface area (Å²) < 4.78 is 1.64. The van der Waals surface area contributed by atoms with Gasteiger partial charge >= 0.3 is 0 Å². The van der Waals surface area contributed by atoms with Crippen molar-refractivity contribution in [2.75, 3.05) is 6.54 Å². The lowest BCUT2D eigenvalue weighted by Crippen LogP contribution is -2.26. The molecule has 17 heavy (non-hydrogen) atoms. The first-order valence-electron chi connectivity index (χ1n) is 5.31. The maximum Gasteiger partial charge on any atom is 0.221 e. The molecule has 0 saturated heterocycles. The summed E-state index contributed by atoms with van der Waals surface area (Å²) in [5, 5.41) is 8.76. The molecule has 0 atom stereocenters. The van der Waals surface area contributed by atoms with Crippen molar-refractivity contribution in [3.8, 4) is 0 Å². The Morgan fingerprint density at radius 2 is 2.47 bits per heavy atom. The van der Waals surface area contributed by atoms with Gasteiger partial charge in [-0.3, -0.25) is 9.48 Å². The molecule has 0 saturated carbocycles. The van der Waals surface area contributed by atoms with Gasteiger partial charge in [0.1, 0.15) is 12.7 Å². The molecule has 2 aromatic rings. The van der Waals surface area contributed by atoms with Gasteiger partial charge in [0.25, 0.3) is 0 Å². The van der Waals surface area contributed by atoms with Gasteiger partial charge in [-0.25, -0.2) is 9.97 Å². The van der Waals surface area contributed by atoms with Crippen molar-refractivity contribution >= 4 is 17.2 Å². The number of carbonyl (C=O) groups excluding carboxylic acids is 1. The topological polar surface area (TPSA) is 72.7 Å². The van der Waals surface area contributed by atoms with Crippen molar-refractivity contribution in [1.29, 1.82) is 0 Å². The minimum Gasteiger partial charge on any atom is -0.356 e. The zero-order chi connectivity index (χ0) is 11.9. The number of hydrogen-bond donors (Lipinski definition) is 1. The van der Waals surface area contributed by atoms with Gasteiger partial charge in [0.15, 0.2) is 0 Å². The fraction of sp³-hybridized carbons (Fsp3) is 0.400. The van der Waals surface area contributed by atoms with E-state index in [0.717, 1.165) is 12.1 Å². The van der Waals surface area contributed by atoms with Crippen LogP contribution in [0.4, 0.5) is 0 Å². The second-order valence-electron chi connectivity index (χ2n) is 3.49. The molecule has 0 aliphatic rings. The number of nitrogens with one attached hydrogen (secondary N) is 1. The fourth-order valence-corrected chi connectivity index (χ4v) is 1.94. The van der Waals surface area contributed by atoms with Crippen LogP contribution in [0.2, 0.25) is 0 Å². The van der Waals surface area contributed by atoms with Crippen LogP contribution in [0.3, 0.4) is 0 Å². The fourth-order valence-electron chi connectivity index (χ4n) is 1.34. The van der Waals surface area contributed by atoms with E-state index >= 15 is 0 Å². The van der Waals surface area contributed by atoms with Gasteiger partial charge in [0, 0.05) is 24.8 Å². The van der Waals surface area contributed by atoms with Gasteiger partial charge in [-0.15, -0.1) is 11.3 Å². The third-order valence-corrected chi connectivity index (χ3v) is 2.86. The summed E-state index contributed by atoms with van der Waals surface area (Å²) in [5.74, 6) is 0.0238. The van der Waals surface area contributed by atoms with E-state index in [-0.39, 0.29) is 5.91 Å². The Morgan fingerprint density at radius 1 is 1.53 bits per heavy atom. The number of aromatic nitrogens is 4. The molecule has 0 radical (unpaired) electrons. The Bertz CT molecular complexity index is 439. The van der Waals surface area contributed by atoms with Crippen LogP contribution in [-0.2, 0) is 17.8 Å². The first kappa shape index (κ1) is 11.7. The van der Waals surface area contributed by atoms with Crippen molar-refractivity contribution < 1.29 is 4.79 Å². The number of amides is 1. The molecule has 0 unspecified atom stereocenters. The van der Waals surface area contributed by atoms with Crippen LogP contribution in [0.5, 0.6) is 0 Å². The third kappa shape index (κ3) is 3.95. The maximum atomic E-state index is 11.5. The van der Waals surface area contributed by atoms with Crippen LogP contribution in [0.1, 0.15) is 12.1 Å². The summed E-state index contributed by atoms with van der Waals surface area (Å²) in [7, 11) is 0. The predicted molar refractivity (Wildman–Crippen MR) is 63.5 cm³/mol. The van der Waals surface area contributed by atoms with E-state index in [9.17, 15) is 4.79 Å². The maximum absolute atomic E-state index is 11.5. The van der Waals surface area contributed by atoms with Crippen molar-refractivity contribution in [3.05, 3.63) is 29.2 Å². The van der Waals surface area contributed by atoms with Gasteiger partial charge < -0.3 is 5.32 Å².